The Kier molecular flexibility index (Phi) is 5.34. The molecule has 28 heavy (non-hydrogen) atoms. The molecule has 3 rings (SSSR count). The standard InChI is InChI=1S/C16H14F3N5O3S/c1-27-13-7-5-12(6-8-13)24-15(21-22-23-24)10-20-28(25,26)14-4-2-3-11(9-14)16(17,18)19/h2-9,20H,10H2,1H3. The number of nitrogens with zero attached hydrogens (tertiary/aromatic N) is 4. The van der Waals surface area contributed by atoms with Crippen molar-refractivity contribution in [2.45, 2.75) is 17.6 Å². The van der Waals surface area contributed by atoms with Crippen LogP contribution in [0.2, 0.25) is 0 Å². The monoisotopic (exact) mass is 413 g/mol. The van der Waals surface area contributed by atoms with Gasteiger partial charge in [0.1, 0.15) is 5.75 Å². The van der Waals surface area contributed by atoms with Gasteiger partial charge in [-0.05, 0) is 52.9 Å². The van der Waals surface area contributed by atoms with Crippen LogP contribution >= 0.6 is 0 Å². The van der Waals surface area contributed by atoms with Crippen LogP contribution < -0.4 is 9.46 Å². The molecule has 0 aliphatic carbocycles. The van der Waals surface area contributed by atoms with E-state index in [1.54, 1.807) is 24.3 Å². The molecule has 0 aliphatic heterocycles. The second-order valence-corrected chi connectivity index (χ2v) is 7.32. The minimum Gasteiger partial charge on any atom is -0.497 e. The normalized spacial score (nSPS) is 12.1. The highest BCUT2D eigenvalue weighted by molar-refractivity contribution is 7.89. The van der Waals surface area contributed by atoms with Crippen molar-refractivity contribution in [3.05, 3.63) is 59.9 Å². The smallest absolute Gasteiger partial charge is 0.416 e. The lowest BCUT2D eigenvalue weighted by molar-refractivity contribution is -0.137. The molecule has 3 aromatic rings. The van der Waals surface area contributed by atoms with Crippen LogP contribution in [0.25, 0.3) is 5.69 Å². The second kappa shape index (κ2) is 7.56. The molecule has 0 saturated heterocycles. The van der Waals surface area contributed by atoms with Crippen LogP contribution in [0.3, 0.4) is 0 Å². The van der Waals surface area contributed by atoms with E-state index in [2.05, 4.69) is 20.2 Å². The number of aromatic nitrogens is 4. The van der Waals surface area contributed by atoms with Crippen LogP contribution in [0.4, 0.5) is 13.2 Å². The molecular weight excluding hydrogens is 399 g/mol. The van der Waals surface area contributed by atoms with E-state index in [1.165, 1.54) is 11.8 Å². The summed E-state index contributed by atoms with van der Waals surface area (Å²) < 4.78 is 71.7. The summed E-state index contributed by atoms with van der Waals surface area (Å²) in [4.78, 5) is -0.509. The fraction of sp³-hybridized carbons (Fsp3) is 0.188. The van der Waals surface area contributed by atoms with Gasteiger partial charge in [-0.25, -0.2) is 13.1 Å². The maximum atomic E-state index is 12.8. The van der Waals surface area contributed by atoms with Crippen LogP contribution in [0.15, 0.2) is 53.4 Å². The van der Waals surface area contributed by atoms with E-state index in [9.17, 15) is 21.6 Å². The molecule has 0 radical (unpaired) electrons. The quantitative estimate of drug-likeness (QED) is 0.665. The zero-order chi connectivity index (χ0) is 20.4. The van der Waals surface area contributed by atoms with Gasteiger partial charge in [-0.1, -0.05) is 6.07 Å². The Bertz CT molecular complexity index is 1070. The Morgan fingerprint density at radius 2 is 1.86 bits per heavy atom. The minimum absolute atomic E-state index is 0.153. The molecule has 1 aromatic heterocycles. The third-order valence-corrected chi connectivity index (χ3v) is 5.14. The summed E-state index contributed by atoms with van der Waals surface area (Å²) in [5.41, 5.74) is -0.502. The molecule has 0 saturated carbocycles. The van der Waals surface area contributed by atoms with Gasteiger partial charge in [0.25, 0.3) is 0 Å². The third kappa shape index (κ3) is 4.28. The summed E-state index contributed by atoms with van der Waals surface area (Å²) in [6.45, 7) is -0.322. The summed E-state index contributed by atoms with van der Waals surface area (Å²) in [5, 5.41) is 11.1. The van der Waals surface area contributed by atoms with Crippen molar-refractivity contribution < 1.29 is 26.3 Å². The zero-order valence-corrected chi connectivity index (χ0v) is 15.2. The van der Waals surface area contributed by atoms with Crippen molar-refractivity contribution in [2.75, 3.05) is 7.11 Å². The first-order valence-corrected chi connectivity index (χ1v) is 9.27. The van der Waals surface area contributed by atoms with Gasteiger partial charge >= 0.3 is 6.18 Å². The highest BCUT2D eigenvalue weighted by Gasteiger charge is 2.31. The van der Waals surface area contributed by atoms with Gasteiger partial charge in [-0.3, -0.25) is 0 Å². The molecular formula is C16H14F3N5O3S. The van der Waals surface area contributed by atoms with E-state index in [0.717, 1.165) is 18.2 Å². The van der Waals surface area contributed by atoms with Gasteiger partial charge in [-0.2, -0.15) is 17.9 Å². The Hall–Kier alpha value is -2.99. The number of ether oxygens (including phenoxy) is 1. The molecule has 1 heterocycles. The van der Waals surface area contributed by atoms with E-state index >= 15 is 0 Å². The predicted molar refractivity (Wildman–Crippen MR) is 91.2 cm³/mol. The summed E-state index contributed by atoms with van der Waals surface area (Å²) in [5.74, 6) is 0.768. The molecule has 0 amide bonds. The highest BCUT2D eigenvalue weighted by Crippen LogP contribution is 2.30. The van der Waals surface area contributed by atoms with Crippen molar-refractivity contribution in [3.63, 3.8) is 0 Å². The van der Waals surface area contributed by atoms with E-state index in [0.29, 0.717) is 17.5 Å². The lowest BCUT2D eigenvalue weighted by Gasteiger charge is -2.10. The summed E-state index contributed by atoms with van der Waals surface area (Å²) in [6, 6.07) is 10.1. The first kappa shape index (κ1) is 19.8. The largest absolute Gasteiger partial charge is 0.497 e. The lowest BCUT2D eigenvalue weighted by atomic mass is 10.2. The van der Waals surface area contributed by atoms with E-state index in [1.807, 2.05) is 0 Å². The lowest BCUT2D eigenvalue weighted by Crippen LogP contribution is -2.25. The average Bonchev–Trinajstić information content (AvgIpc) is 3.15. The first-order chi connectivity index (χ1) is 13.2. The van der Waals surface area contributed by atoms with Crippen LogP contribution in [0.5, 0.6) is 5.75 Å². The minimum atomic E-state index is -4.65. The fourth-order valence-electron chi connectivity index (χ4n) is 2.32. The van der Waals surface area contributed by atoms with Crippen molar-refractivity contribution in [3.8, 4) is 11.4 Å². The highest BCUT2D eigenvalue weighted by atomic mass is 32.2. The van der Waals surface area contributed by atoms with Crippen molar-refractivity contribution in [2.24, 2.45) is 0 Å². The van der Waals surface area contributed by atoms with Crippen molar-refractivity contribution in [1.29, 1.82) is 0 Å². The van der Waals surface area contributed by atoms with Crippen LogP contribution in [0.1, 0.15) is 11.4 Å². The Morgan fingerprint density at radius 3 is 2.50 bits per heavy atom. The average molecular weight is 413 g/mol. The molecule has 0 aliphatic rings. The number of methoxy groups -OCH3 is 1. The third-order valence-electron chi connectivity index (χ3n) is 3.74. The maximum Gasteiger partial charge on any atom is 0.416 e. The topological polar surface area (TPSA) is 99.0 Å². The fourth-order valence-corrected chi connectivity index (χ4v) is 3.35. The number of rotatable bonds is 6. The van der Waals surface area contributed by atoms with Crippen molar-refractivity contribution >= 4 is 10.0 Å². The molecule has 2 aromatic carbocycles. The van der Waals surface area contributed by atoms with Crippen LogP contribution in [-0.2, 0) is 22.7 Å². The summed E-state index contributed by atoms with van der Waals surface area (Å²) in [6.07, 6.45) is -4.65. The van der Waals surface area contributed by atoms with E-state index in [-0.39, 0.29) is 12.4 Å². The van der Waals surface area contributed by atoms with Gasteiger partial charge in [-0.15, -0.1) is 5.10 Å². The number of nitrogens with one attached hydrogen (secondary N) is 1. The van der Waals surface area contributed by atoms with Crippen LogP contribution in [0, 0.1) is 0 Å². The van der Waals surface area contributed by atoms with Crippen molar-refractivity contribution in [1.82, 2.24) is 24.9 Å². The van der Waals surface area contributed by atoms with Gasteiger partial charge in [0.15, 0.2) is 5.82 Å². The molecule has 0 fully saturated rings. The molecule has 8 nitrogen and oxygen atoms in total. The van der Waals surface area contributed by atoms with Crippen LogP contribution in [-0.4, -0.2) is 35.7 Å². The van der Waals surface area contributed by atoms with Gasteiger partial charge in [0, 0.05) is 0 Å². The SMILES string of the molecule is COc1ccc(-n2nnnc2CNS(=O)(=O)c2cccc(C(F)(F)F)c2)cc1. The number of hydrogen-bond donors (Lipinski definition) is 1. The summed E-state index contributed by atoms with van der Waals surface area (Å²) >= 11 is 0. The number of alkyl halides is 3. The second-order valence-electron chi connectivity index (χ2n) is 5.56. The molecule has 148 valence electrons. The predicted octanol–water partition coefficient (Wildman–Crippen LogP) is 2.17. The van der Waals surface area contributed by atoms with E-state index < -0.39 is 26.7 Å². The molecule has 12 heteroatoms. The maximum absolute atomic E-state index is 12.8. The number of hydrogen-bond acceptors (Lipinski definition) is 6. The summed E-state index contributed by atoms with van der Waals surface area (Å²) in [7, 11) is -2.69. The van der Waals surface area contributed by atoms with Gasteiger partial charge in [0.2, 0.25) is 10.0 Å². The Balaban J connectivity index is 1.80. The molecule has 0 spiro atoms. The Morgan fingerprint density at radius 1 is 1.14 bits per heavy atom. The first-order valence-electron chi connectivity index (χ1n) is 7.79. The number of sulfonamides is 1. The number of tetrazole rings is 1. The van der Waals surface area contributed by atoms with E-state index in [4.69, 9.17) is 4.74 Å². The zero-order valence-electron chi connectivity index (χ0n) is 14.4. The molecule has 0 unspecified atom stereocenters. The molecule has 0 bridgehead atoms. The van der Waals surface area contributed by atoms with Gasteiger partial charge in [0.05, 0.1) is 29.8 Å². The van der Waals surface area contributed by atoms with Gasteiger partial charge < -0.3 is 4.74 Å². The Labute approximate surface area is 158 Å². The molecule has 0 atom stereocenters. The number of halogens is 3. The number of benzene rings is 2. The molecule has 1 N–H and O–H groups in total.